The van der Waals surface area contributed by atoms with Crippen molar-refractivity contribution in [2.24, 2.45) is 0 Å². The number of nitrogens with zero attached hydrogens (tertiary/aromatic N) is 3. The molecule has 3 nitrogen and oxygen atoms in total. The summed E-state index contributed by atoms with van der Waals surface area (Å²) in [7, 11) is 0. The number of aromatic nitrogens is 3. The molecule has 6 aromatic carbocycles. The molecule has 1 spiro atoms. The molecule has 10 rings (SSSR count). The number of pyridine rings is 1. The molecular formula is C48H31N3S. The second kappa shape index (κ2) is 12.4. The molecule has 0 radical (unpaired) electrons. The lowest BCUT2D eigenvalue weighted by molar-refractivity contribution is 0.701. The fourth-order valence-electron chi connectivity index (χ4n) is 7.90. The molecule has 0 saturated heterocycles. The molecule has 52 heavy (non-hydrogen) atoms. The summed E-state index contributed by atoms with van der Waals surface area (Å²) in [5, 5.41) is 0. The van der Waals surface area contributed by atoms with Crippen molar-refractivity contribution in [1.29, 1.82) is 0 Å². The summed E-state index contributed by atoms with van der Waals surface area (Å²) >= 11 is 1.86. The molecule has 2 aromatic heterocycles. The Morgan fingerprint density at radius 2 is 0.981 bits per heavy atom. The van der Waals surface area contributed by atoms with Crippen LogP contribution < -0.4 is 0 Å². The molecule has 0 unspecified atom stereocenters. The largest absolute Gasteiger partial charge is 0.264 e. The first-order valence-electron chi connectivity index (χ1n) is 17.5. The Morgan fingerprint density at radius 3 is 1.69 bits per heavy atom. The molecule has 1 aliphatic carbocycles. The van der Waals surface area contributed by atoms with Gasteiger partial charge in [0.1, 0.15) is 0 Å². The van der Waals surface area contributed by atoms with Crippen molar-refractivity contribution in [2.45, 2.75) is 15.2 Å². The molecule has 0 fully saturated rings. The summed E-state index contributed by atoms with van der Waals surface area (Å²) in [4.78, 5) is 17.3. The van der Waals surface area contributed by atoms with E-state index in [2.05, 4.69) is 157 Å². The van der Waals surface area contributed by atoms with Gasteiger partial charge in [-0.3, -0.25) is 4.98 Å². The van der Waals surface area contributed by atoms with Crippen molar-refractivity contribution in [3.8, 4) is 45.0 Å². The van der Waals surface area contributed by atoms with Crippen LogP contribution in [0.3, 0.4) is 0 Å². The van der Waals surface area contributed by atoms with E-state index in [1.807, 2.05) is 42.2 Å². The third kappa shape index (κ3) is 4.95. The summed E-state index contributed by atoms with van der Waals surface area (Å²) in [5.74, 6) is 0.698. The van der Waals surface area contributed by atoms with Crippen LogP contribution in [-0.2, 0) is 5.41 Å². The van der Waals surface area contributed by atoms with Crippen molar-refractivity contribution < 1.29 is 0 Å². The minimum Gasteiger partial charge on any atom is -0.264 e. The Balaban J connectivity index is 1.21. The van der Waals surface area contributed by atoms with E-state index in [0.29, 0.717) is 5.82 Å². The second-order valence-electron chi connectivity index (χ2n) is 13.2. The maximum absolute atomic E-state index is 5.26. The van der Waals surface area contributed by atoms with E-state index >= 15 is 0 Å². The average molecular weight is 682 g/mol. The molecular weight excluding hydrogens is 651 g/mol. The minimum atomic E-state index is -0.538. The summed E-state index contributed by atoms with van der Waals surface area (Å²) in [6.07, 6.45) is 8.26. The molecule has 0 amide bonds. The van der Waals surface area contributed by atoms with Crippen molar-refractivity contribution in [1.82, 2.24) is 15.0 Å². The van der Waals surface area contributed by atoms with Gasteiger partial charge in [-0.1, -0.05) is 157 Å². The molecule has 2 aliphatic rings. The van der Waals surface area contributed by atoms with Crippen LogP contribution in [0.1, 0.15) is 33.4 Å². The van der Waals surface area contributed by atoms with E-state index in [4.69, 9.17) is 9.97 Å². The van der Waals surface area contributed by atoms with Crippen LogP contribution in [-0.4, -0.2) is 15.0 Å². The summed E-state index contributed by atoms with van der Waals surface area (Å²) < 4.78 is 0. The van der Waals surface area contributed by atoms with Crippen LogP contribution in [0.2, 0.25) is 0 Å². The topological polar surface area (TPSA) is 38.7 Å². The lowest BCUT2D eigenvalue weighted by atomic mass is 9.63. The average Bonchev–Trinajstić information content (AvgIpc) is 3.36. The minimum absolute atomic E-state index is 0.538. The monoisotopic (exact) mass is 681 g/mol. The Morgan fingerprint density at radius 1 is 0.404 bits per heavy atom. The third-order valence-corrected chi connectivity index (χ3v) is 11.4. The number of hydrogen-bond acceptors (Lipinski definition) is 4. The number of benzene rings is 6. The second-order valence-corrected chi connectivity index (χ2v) is 14.3. The van der Waals surface area contributed by atoms with Crippen molar-refractivity contribution in [3.05, 3.63) is 210 Å². The molecule has 0 atom stereocenters. The van der Waals surface area contributed by atoms with Crippen LogP contribution in [0, 0.1) is 0 Å². The van der Waals surface area contributed by atoms with E-state index < -0.39 is 5.41 Å². The highest BCUT2D eigenvalue weighted by atomic mass is 32.2. The van der Waals surface area contributed by atoms with Gasteiger partial charge in [0, 0.05) is 38.9 Å². The number of hydrogen-bond donors (Lipinski definition) is 0. The highest BCUT2D eigenvalue weighted by Gasteiger charge is 2.46. The zero-order valence-electron chi connectivity index (χ0n) is 28.1. The first-order valence-corrected chi connectivity index (χ1v) is 18.3. The molecule has 0 saturated carbocycles. The maximum Gasteiger partial charge on any atom is 0.160 e. The van der Waals surface area contributed by atoms with Gasteiger partial charge < -0.3 is 0 Å². The maximum atomic E-state index is 5.26. The fourth-order valence-corrected chi connectivity index (χ4v) is 9.09. The highest BCUT2D eigenvalue weighted by molar-refractivity contribution is 7.99. The van der Waals surface area contributed by atoms with Crippen LogP contribution in [0.15, 0.2) is 186 Å². The van der Waals surface area contributed by atoms with E-state index in [1.165, 1.54) is 43.2 Å². The van der Waals surface area contributed by atoms with E-state index in [1.54, 1.807) is 6.20 Å². The van der Waals surface area contributed by atoms with Crippen molar-refractivity contribution in [3.63, 3.8) is 0 Å². The van der Waals surface area contributed by atoms with Gasteiger partial charge in [0.05, 0.1) is 16.8 Å². The lowest BCUT2D eigenvalue weighted by Gasteiger charge is -2.42. The Hall–Kier alpha value is -6.36. The van der Waals surface area contributed by atoms with Gasteiger partial charge in [-0.25, -0.2) is 9.97 Å². The first kappa shape index (κ1) is 30.5. The van der Waals surface area contributed by atoms with Crippen LogP contribution in [0.4, 0.5) is 0 Å². The Kier molecular flexibility index (Phi) is 7.29. The van der Waals surface area contributed by atoms with Gasteiger partial charge in [-0.2, -0.15) is 0 Å². The van der Waals surface area contributed by atoms with Gasteiger partial charge in [0.25, 0.3) is 0 Å². The zero-order valence-corrected chi connectivity index (χ0v) is 29.0. The predicted octanol–water partition coefficient (Wildman–Crippen LogP) is 11.9. The van der Waals surface area contributed by atoms with Crippen LogP contribution >= 0.6 is 11.8 Å². The number of rotatable bonds is 4. The summed E-state index contributed by atoms with van der Waals surface area (Å²) in [6, 6.07) is 58.6. The molecule has 1 aliphatic heterocycles. The number of fused-ring (bicyclic) bond motifs is 8. The van der Waals surface area contributed by atoms with Gasteiger partial charge in [-0.15, -0.1) is 0 Å². The normalized spacial score (nSPS) is 13.4. The standard InChI is InChI=1S/C48H31N3S/c1-2-12-36(13-3-1)47-50-43(35-25-20-32(21-26-35)38-14-10-28-49-31-38)30-44(51-47)37-27-24-34-23-22-33-11-4-5-15-39(33)48(42(34)29-37)40-16-6-8-18-45(40)52-46-19-9-7-17-41(46)48/h1-31H. The molecule has 4 heteroatoms. The smallest absolute Gasteiger partial charge is 0.160 e. The predicted molar refractivity (Wildman–Crippen MR) is 213 cm³/mol. The fraction of sp³-hybridized carbons (Fsp3) is 0.0208. The molecule has 3 heterocycles. The van der Waals surface area contributed by atoms with Crippen molar-refractivity contribution >= 4 is 23.9 Å². The van der Waals surface area contributed by atoms with E-state index in [-0.39, 0.29) is 0 Å². The summed E-state index contributed by atoms with van der Waals surface area (Å²) in [5.41, 5.74) is 14.0. The van der Waals surface area contributed by atoms with Gasteiger partial charge in [-0.05, 0) is 74.8 Å². The summed E-state index contributed by atoms with van der Waals surface area (Å²) in [6.45, 7) is 0. The van der Waals surface area contributed by atoms with E-state index in [9.17, 15) is 0 Å². The van der Waals surface area contributed by atoms with E-state index in [0.717, 1.165) is 39.2 Å². The third-order valence-electron chi connectivity index (χ3n) is 10.3. The van der Waals surface area contributed by atoms with Gasteiger partial charge >= 0.3 is 0 Å². The first-order chi connectivity index (χ1) is 25.8. The van der Waals surface area contributed by atoms with Gasteiger partial charge in [0.15, 0.2) is 5.82 Å². The van der Waals surface area contributed by atoms with Crippen molar-refractivity contribution in [2.75, 3.05) is 0 Å². The Labute approximate surface area is 307 Å². The quantitative estimate of drug-likeness (QED) is 0.185. The van der Waals surface area contributed by atoms with Crippen LogP contribution in [0.25, 0.3) is 57.2 Å². The lowest BCUT2D eigenvalue weighted by Crippen LogP contribution is -2.35. The van der Waals surface area contributed by atoms with Crippen LogP contribution in [0.5, 0.6) is 0 Å². The highest BCUT2D eigenvalue weighted by Crippen LogP contribution is 2.58. The Bertz CT molecular complexity index is 2600. The molecule has 8 aromatic rings. The molecule has 244 valence electrons. The molecule has 0 bridgehead atoms. The SMILES string of the molecule is C1=Cc2ccc(-c3cc(-c4ccc(-c5cccnc5)cc4)nc(-c4ccccc4)n3)cc2C2(c3ccccc31)c1ccccc1Sc1ccccc12. The zero-order chi connectivity index (χ0) is 34.5. The van der Waals surface area contributed by atoms with Gasteiger partial charge in [0.2, 0.25) is 0 Å². The molecule has 0 N–H and O–H groups in total.